The Morgan fingerprint density at radius 1 is 1.04 bits per heavy atom. The minimum Gasteiger partial charge on any atom is -0.342 e. The molecule has 2 aliphatic heterocycles. The van der Waals surface area contributed by atoms with Crippen molar-refractivity contribution < 1.29 is 9.18 Å². The van der Waals surface area contributed by atoms with Gasteiger partial charge in [-0.15, -0.1) is 0 Å². The summed E-state index contributed by atoms with van der Waals surface area (Å²) in [7, 11) is 0. The smallest absolute Gasteiger partial charge is 0.230 e. The van der Waals surface area contributed by atoms with Crippen LogP contribution >= 0.6 is 0 Å². The Kier molecular flexibility index (Phi) is 5.49. The van der Waals surface area contributed by atoms with Gasteiger partial charge in [0.2, 0.25) is 5.91 Å². The maximum absolute atomic E-state index is 14.0. The summed E-state index contributed by atoms with van der Waals surface area (Å²) >= 11 is 0. The molecular formula is C24H29FN2O. The van der Waals surface area contributed by atoms with Gasteiger partial charge in [0.25, 0.3) is 0 Å². The molecule has 2 aromatic carbocycles. The summed E-state index contributed by atoms with van der Waals surface area (Å²) in [4.78, 5) is 17.4. The topological polar surface area (TPSA) is 23.6 Å². The summed E-state index contributed by atoms with van der Waals surface area (Å²) in [5.74, 6) is 0.119. The first-order valence-corrected chi connectivity index (χ1v) is 10.4. The number of amides is 1. The fraction of sp³-hybridized carbons (Fsp3) is 0.458. The molecule has 3 nitrogen and oxygen atoms in total. The molecule has 0 saturated carbocycles. The van der Waals surface area contributed by atoms with E-state index >= 15 is 0 Å². The zero-order valence-corrected chi connectivity index (χ0v) is 16.6. The average molecular weight is 381 g/mol. The molecule has 1 atom stereocenters. The van der Waals surface area contributed by atoms with Crippen LogP contribution in [0.1, 0.15) is 43.2 Å². The van der Waals surface area contributed by atoms with Crippen LogP contribution in [0.15, 0.2) is 54.6 Å². The highest BCUT2D eigenvalue weighted by Crippen LogP contribution is 2.45. The minimum atomic E-state index is -0.118. The SMILES string of the molecule is CCN1CC2(CCN(Cc3ccccc3F)CC2)C[C@H](c2ccccc2)C1=O. The van der Waals surface area contributed by atoms with Gasteiger partial charge in [0.15, 0.2) is 0 Å². The third-order valence-electron chi connectivity index (χ3n) is 6.63. The molecule has 2 aromatic rings. The molecule has 148 valence electrons. The van der Waals surface area contributed by atoms with Gasteiger partial charge in [-0.3, -0.25) is 9.69 Å². The number of likely N-dealkylation sites (N-methyl/N-ethyl adjacent to an activating group) is 1. The molecule has 2 fully saturated rings. The number of benzene rings is 2. The van der Waals surface area contributed by atoms with E-state index in [9.17, 15) is 9.18 Å². The lowest BCUT2D eigenvalue weighted by Gasteiger charge is -2.50. The fourth-order valence-corrected chi connectivity index (χ4v) is 4.92. The van der Waals surface area contributed by atoms with Crippen molar-refractivity contribution in [1.29, 1.82) is 0 Å². The van der Waals surface area contributed by atoms with Crippen molar-refractivity contribution >= 4 is 5.91 Å². The van der Waals surface area contributed by atoms with E-state index in [4.69, 9.17) is 0 Å². The van der Waals surface area contributed by atoms with Crippen LogP contribution in [-0.2, 0) is 11.3 Å². The van der Waals surface area contributed by atoms with Gasteiger partial charge >= 0.3 is 0 Å². The number of hydrogen-bond acceptors (Lipinski definition) is 2. The standard InChI is InChI=1S/C24H29FN2O/c1-2-27-18-24(16-21(23(27)28)19-8-4-3-5-9-19)12-14-26(15-13-24)17-20-10-6-7-11-22(20)25/h3-11,21H,2,12-18H2,1H3/t21-/m1/s1. The number of rotatable bonds is 4. The van der Waals surface area contributed by atoms with Crippen molar-refractivity contribution in [3.8, 4) is 0 Å². The number of hydrogen-bond donors (Lipinski definition) is 0. The quantitative estimate of drug-likeness (QED) is 0.783. The molecule has 0 aliphatic carbocycles. The maximum atomic E-state index is 14.0. The molecule has 4 heteroatoms. The van der Waals surface area contributed by atoms with E-state index in [0.717, 1.165) is 56.6 Å². The number of carbonyl (C=O) groups excluding carboxylic acids is 1. The van der Waals surface area contributed by atoms with Crippen molar-refractivity contribution in [2.45, 2.75) is 38.6 Å². The highest BCUT2D eigenvalue weighted by Gasteiger charge is 2.45. The summed E-state index contributed by atoms with van der Waals surface area (Å²) in [6.07, 6.45) is 3.06. The Morgan fingerprint density at radius 2 is 1.71 bits per heavy atom. The number of piperidine rings is 2. The first kappa shape index (κ1) is 19.1. The van der Waals surface area contributed by atoms with E-state index in [1.54, 1.807) is 6.07 Å². The van der Waals surface area contributed by atoms with E-state index in [-0.39, 0.29) is 23.1 Å². The van der Waals surface area contributed by atoms with Gasteiger partial charge in [0, 0.05) is 25.2 Å². The second-order valence-electron chi connectivity index (χ2n) is 8.39. The van der Waals surface area contributed by atoms with Gasteiger partial charge in [-0.05, 0) is 56.3 Å². The summed E-state index contributed by atoms with van der Waals surface area (Å²) in [5, 5.41) is 0. The molecule has 0 radical (unpaired) electrons. The molecule has 0 unspecified atom stereocenters. The van der Waals surface area contributed by atoms with E-state index < -0.39 is 0 Å². The Bertz CT molecular complexity index is 814. The zero-order chi connectivity index (χ0) is 19.6. The molecule has 1 amide bonds. The van der Waals surface area contributed by atoms with Gasteiger partial charge in [0.05, 0.1) is 5.92 Å². The molecule has 28 heavy (non-hydrogen) atoms. The van der Waals surface area contributed by atoms with Crippen LogP contribution in [0.3, 0.4) is 0 Å². The zero-order valence-electron chi connectivity index (χ0n) is 16.6. The largest absolute Gasteiger partial charge is 0.342 e. The average Bonchev–Trinajstić information content (AvgIpc) is 2.74. The maximum Gasteiger partial charge on any atom is 0.230 e. The van der Waals surface area contributed by atoms with Gasteiger partial charge in [-0.1, -0.05) is 48.5 Å². The Morgan fingerprint density at radius 3 is 2.39 bits per heavy atom. The predicted molar refractivity (Wildman–Crippen MR) is 109 cm³/mol. The third kappa shape index (κ3) is 3.83. The van der Waals surface area contributed by atoms with Crippen LogP contribution in [0, 0.1) is 11.2 Å². The lowest BCUT2D eigenvalue weighted by atomic mass is 9.67. The summed E-state index contributed by atoms with van der Waals surface area (Å²) in [6, 6.07) is 17.3. The number of nitrogens with zero attached hydrogens (tertiary/aromatic N) is 2. The van der Waals surface area contributed by atoms with Gasteiger partial charge in [-0.25, -0.2) is 4.39 Å². The van der Waals surface area contributed by atoms with Crippen LogP contribution in [0.25, 0.3) is 0 Å². The van der Waals surface area contributed by atoms with Gasteiger partial charge < -0.3 is 4.90 Å². The highest BCUT2D eigenvalue weighted by atomic mass is 19.1. The first-order valence-electron chi connectivity index (χ1n) is 10.4. The van der Waals surface area contributed by atoms with Crippen LogP contribution in [0.2, 0.25) is 0 Å². The van der Waals surface area contributed by atoms with Crippen LogP contribution in [0.5, 0.6) is 0 Å². The molecule has 0 bridgehead atoms. The van der Waals surface area contributed by atoms with Gasteiger partial charge in [-0.2, -0.15) is 0 Å². The van der Waals surface area contributed by atoms with Crippen molar-refractivity contribution in [3.63, 3.8) is 0 Å². The lowest BCUT2D eigenvalue weighted by Crippen LogP contribution is -2.53. The second kappa shape index (κ2) is 8.04. The van der Waals surface area contributed by atoms with Crippen LogP contribution in [0.4, 0.5) is 4.39 Å². The number of halogens is 1. The molecule has 1 spiro atoms. The molecule has 2 aliphatic rings. The minimum absolute atomic E-state index is 0.0342. The fourth-order valence-electron chi connectivity index (χ4n) is 4.92. The number of carbonyl (C=O) groups is 1. The Labute approximate surface area is 167 Å². The summed E-state index contributed by atoms with van der Waals surface area (Å²) in [6.45, 7) is 6.29. The normalized spacial score (nSPS) is 22.6. The van der Waals surface area contributed by atoms with Crippen molar-refractivity contribution in [2.75, 3.05) is 26.2 Å². The molecule has 2 saturated heterocycles. The van der Waals surface area contributed by atoms with Crippen LogP contribution in [-0.4, -0.2) is 41.9 Å². The molecule has 0 N–H and O–H groups in total. The van der Waals surface area contributed by atoms with E-state index in [0.29, 0.717) is 6.54 Å². The Balaban J connectivity index is 1.47. The monoisotopic (exact) mass is 380 g/mol. The molecule has 0 aromatic heterocycles. The molecule has 4 rings (SSSR count). The lowest BCUT2D eigenvalue weighted by molar-refractivity contribution is -0.141. The van der Waals surface area contributed by atoms with Crippen molar-refractivity contribution in [1.82, 2.24) is 9.80 Å². The van der Waals surface area contributed by atoms with Crippen LogP contribution < -0.4 is 0 Å². The van der Waals surface area contributed by atoms with Crippen molar-refractivity contribution in [2.24, 2.45) is 5.41 Å². The summed E-state index contributed by atoms with van der Waals surface area (Å²) < 4.78 is 14.0. The van der Waals surface area contributed by atoms with E-state index in [1.165, 1.54) is 6.07 Å². The predicted octanol–water partition coefficient (Wildman–Crippen LogP) is 4.44. The third-order valence-corrected chi connectivity index (χ3v) is 6.63. The van der Waals surface area contributed by atoms with E-state index in [2.05, 4.69) is 24.0 Å². The molecule has 2 heterocycles. The van der Waals surface area contributed by atoms with Gasteiger partial charge in [0.1, 0.15) is 5.82 Å². The molecular weight excluding hydrogens is 351 g/mol. The Hall–Kier alpha value is -2.20. The second-order valence-corrected chi connectivity index (χ2v) is 8.39. The van der Waals surface area contributed by atoms with E-state index in [1.807, 2.05) is 35.2 Å². The highest BCUT2D eigenvalue weighted by molar-refractivity contribution is 5.84. The van der Waals surface area contributed by atoms with Crippen molar-refractivity contribution in [3.05, 3.63) is 71.5 Å². The first-order chi connectivity index (χ1) is 13.6. The number of likely N-dealkylation sites (tertiary alicyclic amines) is 2. The summed E-state index contributed by atoms with van der Waals surface area (Å²) in [5.41, 5.74) is 2.09.